The molecule has 0 fully saturated rings. The Morgan fingerprint density at radius 2 is 1.56 bits per heavy atom. The molecule has 1 amide bonds. The molecule has 0 aliphatic heterocycles. The van der Waals surface area contributed by atoms with Crippen LogP contribution in [-0.4, -0.2) is 30.3 Å². The normalized spacial score (nSPS) is 11.8. The van der Waals surface area contributed by atoms with E-state index in [1.54, 1.807) is 13.1 Å². The Balaban J connectivity index is 1.80. The van der Waals surface area contributed by atoms with Crippen LogP contribution in [0.3, 0.4) is 0 Å². The van der Waals surface area contributed by atoms with Crippen molar-refractivity contribution in [2.45, 2.75) is 6.10 Å². The molecule has 5 nitrogen and oxygen atoms in total. The number of nitrogens with zero attached hydrogens (tertiary/aromatic N) is 3. The minimum atomic E-state index is -0.679. The highest BCUT2D eigenvalue weighted by Gasteiger charge is 2.25. The van der Waals surface area contributed by atoms with Gasteiger partial charge < -0.3 is 4.74 Å². The van der Waals surface area contributed by atoms with Gasteiger partial charge in [0.15, 0.2) is 11.9 Å². The number of likely N-dealkylation sites (N-methyl/N-ethyl adjacent to an activating group) is 1. The van der Waals surface area contributed by atoms with Crippen LogP contribution in [0.4, 0.5) is 5.82 Å². The first-order valence-corrected chi connectivity index (χ1v) is 7.95. The van der Waals surface area contributed by atoms with Gasteiger partial charge in [-0.05, 0) is 17.7 Å². The second-order valence-corrected chi connectivity index (χ2v) is 5.57. The van der Waals surface area contributed by atoms with Crippen molar-refractivity contribution in [2.24, 2.45) is 0 Å². The summed E-state index contributed by atoms with van der Waals surface area (Å²) >= 11 is 0. The number of hydrogen-bond donors (Lipinski definition) is 0. The van der Waals surface area contributed by atoms with Crippen molar-refractivity contribution in [2.75, 3.05) is 19.1 Å². The zero-order chi connectivity index (χ0) is 17.6. The van der Waals surface area contributed by atoms with Gasteiger partial charge in [-0.1, -0.05) is 60.7 Å². The Labute approximate surface area is 146 Å². The summed E-state index contributed by atoms with van der Waals surface area (Å²) in [5, 5.41) is 8.41. The standard InChI is InChI=1S/C20H19N3O2/c1-23(20(24)19(25-2)16-11-7-4-8-12-16)18-14-13-17(21-22-18)15-9-5-3-6-10-15/h3-14,19H,1-2H3/t19-/m1/s1. The number of rotatable bonds is 5. The number of ether oxygens (including phenoxy) is 1. The third kappa shape index (κ3) is 3.72. The highest BCUT2D eigenvalue weighted by molar-refractivity contribution is 5.95. The van der Waals surface area contributed by atoms with Crippen molar-refractivity contribution in [3.63, 3.8) is 0 Å². The number of hydrogen-bond acceptors (Lipinski definition) is 4. The molecule has 0 N–H and O–H groups in total. The van der Waals surface area contributed by atoms with Crippen LogP contribution >= 0.6 is 0 Å². The zero-order valence-corrected chi connectivity index (χ0v) is 14.2. The van der Waals surface area contributed by atoms with E-state index in [0.717, 1.165) is 16.8 Å². The van der Waals surface area contributed by atoms with Crippen LogP contribution in [0.25, 0.3) is 11.3 Å². The molecule has 0 saturated carbocycles. The second kappa shape index (κ2) is 7.68. The maximum atomic E-state index is 12.8. The average Bonchev–Trinajstić information content (AvgIpc) is 2.69. The lowest BCUT2D eigenvalue weighted by molar-refractivity contribution is -0.128. The smallest absolute Gasteiger partial charge is 0.261 e. The maximum absolute atomic E-state index is 12.8. The number of methoxy groups -OCH3 is 1. The Morgan fingerprint density at radius 1 is 0.920 bits per heavy atom. The van der Waals surface area contributed by atoms with E-state index in [2.05, 4.69) is 10.2 Å². The third-order valence-corrected chi connectivity index (χ3v) is 3.96. The first-order valence-electron chi connectivity index (χ1n) is 7.95. The van der Waals surface area contributed by atoms with Crippen molar-refractivity contribution in [3.8, 4) is 11.3 Å². The molecule has 0 aliphatic carbocycles. The quantitative estimate of drug-likeness (QED) is 0.717. The van der Waals surface area contributed by atoms with Gasteiger partial charge in [-0.2, -0.15) is 0 Å². The minimum absolute atomic E-state index is 0.199. The highest BCUT2D eigenvalue weighted by Crippen LogP contribution is 2.22. The molecule has 3 rings (SSSR count). The van der Waals surface area contributed by atoms with E-state index in [4.69, 9.17) is 4.74 Å². The van der Waals surface area contributed by atoms with Crippen molar-refractivity contribution in [1.82, 2.24) is 10.2 Å². The maximum Gasteiger partial charge on any atom is 0.261 e. The monoisotopic (exact) mass is 333 g/mol. The number of benzene rings is 2. The molecule has 2 aromatic carbocycles. The van der Waals surface area contributed by atoms with Gasteiger partial charge in [0.1, 0.15) is 0 Å². The van der Waals surface area contributed by atoms with Crippen LogP contribution in [0.2, 0.25) is 0 Å². The third-order valence-electron chi connectivity index (χ3n) is 3.96. The molecule has 0 radical (unpaired) electrons. The SMILES string of the molecule is CO[C@@H](C(=O)N(C)c1ccc(-c2ccccc2)nn1)c1ccccc1. The molecule has 0 unspecified atom stereocenters. The summed E-state index contributed by atoms with van der Waals surface area (Å²) in [6.45, 7) is 0. The average molecular weight is 333 g/mol. The van der Waals surface area contributed by atoms with Crippen LogP contribution in [0.1, 0.15) is 11.7 Å². The summed E-state index contributed by atoms with van der Waals surface area (Å²) in [5.41, 5.74) is 2.54. The first-order chi connectivity index (χ1) is 12.2. The molecule has 126 valence electrons. The Kier molecular flexibility index (Phi) is 5.16. The lowest BCUT2D eigenvalue weighted by Gasteiger charge is -2.22. The van der Waals surface area contributed by atoms with Gasteiger partial charge in [0, 0.05) is 19.7 Å². The van der Waals surface area contributed by atoms with Gasteiger partial charge in [0.2, 0.25) is 0 Å². The predicted octanol–water partition coefficient (Wildman–Crippen LogP) is 3.49. The van der Waals surface area contributed by atoms with E-state index in [1.165, 1.54) is 12.0 Å². The van der Waals surface area contributed by atoms with Crippen LogP contribution in [0.15, 0.2) is 72.8 Å². The Bertz CT molecular complexity index is 821. The molecule has 3 aromatic rings. The Morgan fingerprint density at radius 3 is 2.12 bits per heavy atom. The molecule has 1 aromatic heterocycles. The molecule has 25 heavy (non-hydrogen) atoms. The van der Waals surface area contributed by atoms with E-state index >= 15 is 0 Å². The number of carbonyl (C=O) groups is 1. The van der Waals surface area contributed by atoms with Crippen LogP contribution in [-0.2, 0) is 9.53 Å². The molecular weight excluding hydrogens is 314 g/mol. The van der Waals surface area contributed by atoms with Gasteiger partial charge in [0.05, 0.1) is 5.69 Å². The lowest BCUT2D eigenvalue weighted by atomic mass is 10.1. The van der Waals surface area contributed by atoms with Gasteiger partial charge in [-0.25, -0.2) is 0 Å². The molecule has 5 heteroatoms. The topological polar surface area (TPSA) is 55.3 Å². The van der Waals surface area contributed by atoms with Gasteiger partial charge >= 0.3 is 0 Å². The van der Waals surface area contributed by atoms with Crippen molar-refractivity contribution >= 4 is 11.7 Å². The summed E-state index contributed by atoms with van der Waals surface area (Å²) in [6.07, 6.45) is -0.679. The van der Waals surface area contributed by atoms with E-state index in [0.29, 0.717) is 5.82 Å². The van der Waals surface area contributed by atoms with Crippen LogP contribution in [0.5, 0.6) is 0 Å². The highest BCUT2D eigenvalue weighted by atomic mass is 16.5. The molecule has 0 bridgehead atoms. The van der Waals surface area contributed by atoms with E-state index in [9.17, 15) is 4.79 Å². The fourth-order valence-corrected chi connectivity index (χ4v) is 2.56. The second-order valence-electron chi connectivity index (χ2n) is 5.57. The number of carbonyl (C=O) groups excluding carboxylic acids is 1. The van der Waals surface area contributed by atoms with Crippen molar-refractivity contribution in [1.29, 1.82) is 0 Å². The molecule has 1 heterocycles. The molecule has 0 spiro atoms. The van der Waals surface area contributed by atoms with Crippen LogP contribution in [0, 0.1) is 0 Å². The van der Waals surface area contributed by atoms with Crippen molar-refractivity contribution in [3.05, 3.63) is 78.4 Å². The fourth-order valence-electron chi connectivity index (χ4n) is 2.56. The summed E-state index contributed by atoms with van der Waals surface area (Å²) < 4.78 is 5.39. The van der Waals surface area contributed by atoms with Gasteiger partial charge in [0.25, 0.3) is 5.91 Å². The first kappa shape index (κ1) is 16.8. The van der Waals surface area contributed by atoms with E-state index in [-0.39, 0.29) is 5.91 Å². The summed E-state index contributed by atoms with van der Waals surface area (Å²) in [6, 6.07) is 22.8. The van der Waals surface area contributed by atoms with E-state index < -0.39 is 6.10 Å². The summed E-state index contributed by atoms with van der Waals surface area (Å²) in [4.78, 5) is 14.2. The summed E-state index contributed by atoms with van der Waals surface area (Å²) in [7, 11) is 3.19. The minimum Gasteiger partial charge on any atom is -0.367 e. The predicted molar refractivity (Wildman–Crippen MR) is 97.1 cm³/mol. The number of aromatic nitrogens is 2. The van der Waals surface area contributed by atoms with Crippen molar-refractivity contribution < 1.29 is 9.53 Å². The largest absolute Gasteiger partial charge is 0.367 e. The van der Waals surface area contributed by atoms with E-state index in [1.807, 2.05) is 66.7 Å². The molecular formula is C20H19N3O2. The molecule has 0 aliphatic rings. The Hall–Kier alpha value is -3.05. The zero-order valence-electron chi connectivity index (χ0n) is 14.2. The van der Waals surface area contributed by atoms with Crippen LogP contribution < -0.4 is 4.90 Å². The number of amides is 1. The molecule has 0 saturated heterocycles. The summed E-state index contributed by atoms with van der Waals surface area (Å²) in [5.74, 6) is 0.276. The molecule has 1 atom stereocenters. The fraction of sp³-hybridized carbons (Fsp3) is 0.150. The van der Waals surface area contributed by atoms with Gasteiger partial charge in [-0.3, -0.25) is 9.69 Å². The number of anilines is 1. The lowest BCUT2D eigenvalue weighted by Crippen LogP contribution is -2.33. The van der Waals surface area contributed by atoms with Gasteiger partial charge in [-0.15, -0.1) is 10.2 Å².